The zero-order valence-electron chi connectivity index (χ0n) is 18.2. The van der Waals surface area contributed by atoms with Gasteiger partial charge in [0.05, 0.1) is 0 Å². The molecule has 0 saturated carbocycles. The molecular formula is C32H24. The summed E-state index contributed by atoms with van der Waals surface area (Å²) in [5, 5.41) is 0. The van der Waals surface area contributed by atoms with Crippen LogP contribution in [0.2, 0.25) is 0 Å². The molecule has 5 aromatic rings. The third-order valence-electron chi connectivity index (χ3n) is 6.59. The van der Waals surface area contributed by atoms with Crippen LogP contribution in [0.3, 0.4) is 0 Å². The Labute approximate surface area is 189 Å². The van der Waals surface area contributed by atoms with Gasteiger partial charge >= 0.3 is 0 Å². The number of hydrogen-bond donors (Lipinski definition) is 0. The third kappa shape index (κ3) is 3.25. The summed E-state index contributed by atoms with van der Waals surface area (Å²) in [6.45, 7) is 2.14. The van der Waals surface area contributed by atoms with Crippen LogP contribution in [0.5, 0.6) is 0 Å². The second-order valence-corrected chi connectivity index (χ2v) is 8.69. The van der Waals surface area contributed by atoms with E-state index >= 15 is 0 Å². The Kier molecular flexibility index (Phi) is 4.51. The summed E-state index contributed by atoms with van der Waals surface area (Å²) in [6.07, 6.45) is 1.01. The van der Waals surface area contributed by atoms with Gasteiger partial charge in [0.1, 0.15) is 0 Å². The maximum absolute atomic E-state index is 2.33. The van der Waals surface area contributed by atoms with E-state index in [1.165, 1.54) is 61.2 Å². The number of aryl methyl sites for hydroxylation is 1. The highest BCUT2D eigenvalue weighted by atomic mass is 14.2. The van der Waals surface area contributed by atoms with Crippen molar-refractivity contribution in [1.29, 1.82) is 0 Å². The molecular weight excluding hydrogens is 384 g/mol. The Morgan fingerprint density at radius 2 is 1.03 bits per heavy atom. The predicted molar refractivity (Wildman–Crippen MR) is 136 cm³/mol. The first-order chi connectivity index (χ1) is 15.8. The molecule has 0 N–H and O–H groups in total. The van der Waals surface area contributed by atoms with E-state index in [2.05, 4.69) is 122 Å². The average molecular weight is 409 g/mol. The molecule has 0 radical (unpaired) electrons. The fourth-order valence-electron chi connectivity index (χ4n) is 4.97. The molecule has 0 nitrogen and oxygen atoms in total. The third-order valence-corrected chi connectivity index (χ3v) is 6.59. The highest BCUT2D eigenvalue weighted by molar-refractivity contribution is 5.86. The van der Waals surface area contributed by atoms with Gasteiger partial charge in [-0.1, -0.05) is 115 Å². The first-order valence-corrected chi connectivity index (χ1v) is 11.2. The fourth-order valence-corrected chi connectivity index (χ4v) is 4.97. The molecule has 1 aliphatic rings. The first kappa shape index (κ1) is 18.8. The molecule has 0 saturated heterocycles. The van der Waals surface area contributed by atoms with Crippen molar-refractivity contribution < 1.29 is 0 Å². The Bertz CT molecular complexity index is 1440. The Hall–Kier alpha value is -3.90. The van der Waals surface area contributed by atoms with Crippen LogP contribution in [0.1, 0.15) is 16.7 Å². The molecule has 0 heterocycles. The summed E-state index contributed by atoms with van der Waals surface area (Å²) in [5.74, 6) is 0. The van der Waals surface area contributed by atoms with Crippen molar-refractivity contribution in [3.63, 3.8) is 0 Å². The van der Waals surface area contributed by atoms with E-state index in [4.69, 9.17) is 0 Å². The van der Waals surface area contributed by atoms with Gasteiger partial charge in [0.2, 0.25) is 0 Å². The van der Waals surface area contributed by atoms with Crippen LogP contribution in [0.4, 0.5) is 0 Å². The van der Waals surface area contributed by atoms with Crippen molar-refractivity contribution in [2.45, 2.75) is 13.3 Å². The molecule has 0 aromatic heterocycles. The highest BCUT2D eigenvalue weighted by Gasteiger charge is 2.21. The molecule has 1 aliphatic carbocycles. The minimum Gasteiger partial charge on any atom is -0.0619 e. The van der Waals surface area contributed by atoms with E-state index < -0.39 is 0 Å². The average Bonchev–Trinajstić information content (AvgIpc) is 3.23. The van der Waals surface area contributed by atoms with Crippen molar-refractivity contribution in [2.24, 2.45) is 0 Å². The lowest BCUT2D eigenvalue weighted by molar-refractivity contribution is 1.26. The summed E-state index contributed by atoms with van der Waals surface area (Å²) in [7, 11) is 0. The van der Waals surface area contributed by atoms with Crippen LogP contribution in [0.25, 0.3) is 44.5 Å². The lowest BCUT2D eigenvalue weighted by Crippen LogP contribution is -1.89. The molecule has 6 rings (SSSR count). The molecule has 0 fully saturated rings. The van der Waals surface area contributed by atoms with Gasteiger partial charge in [0, 0.05) is 0 Å². The van der Waals surface area contributed by atoms with Gasteiger partial charge in [0.25, 0.3) is 0 Å². The van der Waals surface area contributed by atoms with Gasteiger partial charge in [-0.25, -0.2) is 0 Å². The molecule has 0 spiro atoms. The largest absolute Gasteiger partial charge is 0.0619 e. The normalized spacial score (nSPS) is 11.8. The van der Waals surface area contributed by atoms with Gasteiger partial charge in [-0.15, -0.1) is 0 Å². The Balaban J connectivity index is 1.37. The van der Waals surface area contributed by atoms with Crippen molar-refractivity contribution in [1.82, 2.24) is 0 Å². The topological polar surface area (TPSA) is 0 Å². The van der Waals surface area contributed by atoms with Crippen LogP contribution in [-0.2, 0) is 6.42 Å². The summed E-state index contributed by atoms with van der Waals surface area (Å²) < 4.78 is 0. The lowest BCUT2D eigenvalue weighted by atomic mass is 9.93. The molecule has 0 unspecified atom stereocenters. The SMILES string of the molecule is Cc1cccc(-c2ccc(-c3cccc(-c4cccc5c4Cc4ccccc4-5)c3)cc2)c1. The molecule has 32 heavy (non-hydrogen) atoms. The highest BCUT2D eigenvalue weighted by Crippen LogP contribution is 2.42. The van der Waals surface area contributed by atoms with Crippen molar-refractivity contribution >= 4 is 0 Å². The van der Waals surface area contributed by atoms with Crippen LogP contribution in [0, 0.1) is 6.92 Å². The van der Waals surface area contributed by atoms with E-state index in [0.717, 1.165) is 6.42 Å². The van der Waals surface area contributed by atoms with E-state index in [0.29, 0.717) is 0 Å². The molecule has 0 bridgehead atoms. The van der Waals surface area contributed by atoms with Crippen LogP contribution in [0.15, 0.2) is 115 Å². The molecule has 0 amide bonds. The first-order valence-electron chi connectivity index (χ1n) is 11.2. The maximum Gasteiger partial charge on any atom is -0.000729 e. The monoisotopic (exact) mass is 408 g/mol. The van der Waals surface area contributed by atoms with Gasteiger partial charge in [0.15, 0.2) is 0 Å². The standard InChI is InChI=1S/C32H24/c1-22-7-4-9-25(19-22)23-15-17-24(18-16-23)26-10-5-11-27(20-26)30-13-6-14-31-29-12-3-2-8-28(29)21-32(30)31/h2-20H,21H2,1H3. The zero-order valence-corrected chi connectivity index (χ0v) is 18.2. The Morgan fingerprint density at radius 1 is 0.438 bits per heavy atom. The smallest absolute Gasteiger partial charge is 0.000729 e. The van der Waals surface area contributed by atoms with Gasteiger partial charge in [-0.05, 0) is 75.0 Å². The summed E-state index contributed by atoms with van der Waals surface area (Å²) in [4.78, 5) is 0. The van der Waals surface area contributed by atoms with Crippen LogP contribution < -0.4 is 0 Å². The van der Waals surface area contributed by atoms with Gasteiger partial charge in [-0.2, -0.15) is 0 Å². The van der Waals surface area contributed by atoms with Crippen LogP contribution >= 0.6 is 0 Å². The fraction of sp³-hybridized carbons (Fsp3) is 0.0625. The number of hydrogen-bond acceptors (Lipinski definition) is 0. The Morgan fingerprint density at radius 3 is 1.81 bits per heavy atom. The zero-order chi connectivity index (χ0) is 21.5. The molecule has 0 heteroatoms. The minimum absolute atomic E-state index is 1.01. The summed E-state index contributed by atoms with van der Waals surface area (Å²) in [6, 6.07) is 42.1. The molecule has 0 atom stereocenters. The maximum atomic E-state index is 2.33. The summed E-state index contributed by atoms with van der Waals surface area (Å²) >= 11 is 0. The van der Waals surface area contributed by atoms with Crippen molar-refractivity contribution in [3.8, 4) is 44.5 Å². The van der Waals surface area contributed by atoms with E-state index in [-0.39, 0.29) is 0 Å². The van der Waals surface area contributed by atoms with Gasteiger partial charge < -0.3 is 0 Å². The molecule has 152 valence electrons. The molecule has 5 aromatic carbocycles. The van der Waals surface area contributed by atoms with Crippen LogP contribution in [-0.4, -0.2) is 0 Å². The van der Waals surface area contributed by atoms with Gasteiger partial charge in [-0.3, -0.25) is 0 Å². The quantitative estimate of drug-likeness (QED) is 0.275. The van der Waals surface area contributed by atoms with E-state index in [1.807, 2.05) is 0 Å². The number of benzene rings is 5. The predicted octanol–water partition coefficient (Wildman–Crippen LogP) is 8.57. The van der Waals surface area contributed by atoms with E-state index in [1.54, 1.807) is 0 Å². The molecule has 0 aliphatic heterocycles. The van der Waals surface area contributed by atoms with E-state index in [9.17, 15) is 0 Å². The minimum atomic E-state index is 1.01. The number of rotatable bonds is 3. The van der Waals surface area contributed by atoms with Crippen molar-refractivity contribution in [3.05, 3.63) is 132 Å². The second-order valence-electron chi connectivity index (χ2n) is 8.69. The second kappa shape index (κ2) is 7.66. The number of fused-ring (bicyclic) bond motifs is 3. The lowest BCUT2D eigenvalue weighted by Gasteiger charge is -2.11. The van der Waals surface area contributed by atoms with Crippen molar-refractivity contribution in [2.75, 3.05) is 0 Å². The summed E-state index contributed by atoms with van der Waals surface area (Å²) in [5.41, 5.74) is 14.6.